The van der Waals surface area contributed by atoms with Crippen LogP contribution in [0.2, 0.25) is 0 Å². The third-order valence-corrected chi connectivity index (χ3v) is 3.88. The van der Waals surface area contributed by atoms with Gasteiger partial charge in [0.05, 0.1) is 10.4 Å². The molecule has 0 spiro atoms. The van der Waals surface area contributed by atoms with E-state index in [1.807, 2.05) is 18.2 Å². The number of halogens is 1. The van der Waals surface area contributed by atoms with Crippen LogP contribution >= 0.6 is 23.4 Å². The number of aliphatic imine (C=N–C) groups is 1. The Kier molecular flexibility index (Phi) is 2.12. The summed E-state index contributed by atoms with van der Waals surface area (Å²) in [4.78, 5) is 5.57. The molecule has 0 amide bonds. The monoisotopic (exact) mass is 211 g/mol. The Hall–Kier alpha value is -0.470. The molecule has 0 bridgehead atoms. The fraction of sp³-hybridized carbons (Fsp3) is 0.300. The van der Waals surface area contributed by atoms with Gasteiger partial charge < -0.3 is 0 Å². The molecule has 1 aromatic rings. The van der Waals surface area contributed by atoms with Gasteiger partial charge in [-0.1, -0.05) is 23.7 Å². The molecule has 2 rings (SSSR count). The van der Waals surface area contributed by atoms with E-state index in [-0.39, 0.29) is 4.75 Å². The molecule has 1 aliphatic heterocycles. The van der Waals surface area contributed by atoms with Crippen molar-refractivity contribution in [3.05, 3.63) is 24.3 Å². The summed E-state index contributed by atoms with van der Waals surface area (Å²) in [5, 5.41) is 0.677. The first kappa shape index (κ1) is 9.10. The summed E-state index contributed by atoms with van der Waals surface area (Å²) >= 11 is 7.82. The second-order valence-electron chi connectivity index (χ2n) is 3.48. The maximum Gasteiger partial charge on any atom is 0.122 e. The van der Waals surface area contributed by atoms with Gasteiger partial charge in [-0.15, -0.1) is 11.8 Å². The number of rotatable bonds is 0. The van der Waals surface area contributed by atoms with Crippen LogP contribution in [0.1, 0.15) is 13.8 Å². The van der Waals surface area contributed by atoms with Crippen molar-refractivity contribution in [3.8, 4) is 0 Å². The molecule has 1 heterocycles. The van der Waals surface area contributed by atoms with Gasteiger partial charge in [-0.05, 0) is 26.0 Å². The van der Waals surface area contributed by atoms with Gasteiger partial charge in [0, 0.05) is 4.90 Å². The maximum absolute atomic E-state index is 6.07. The van der Waals surface area contributed by atoms with Crippen molar-refractivity contribution in [1.29, 1.82) is 0 Å². The van der Waals surface area contributed by atoms with E-state index in [0.29, 0.717) is 5.17 Å². The number of nitrogens with zero attached hydrogens (tertiary/aromatic N) is 1. The molecule has 0 fully saturated rings. The summed E-state index contributed by atoms with van der Waals surface area (Å²) in [6.45, 7) is 4.17. The number of para-hydroxylation sites is 1. The van der Waals surface area contributed by atoms with Gasteiger partial charge in [0.25, 0.3) is 0 Å². The number of fused-ring (bicyclic) bond motifs is 1. The summed E-state index contributed by atoms with van der Waals surface area (Å²) in [5.74, 6) is 0. The minimum atomic E-state index is -0.0874. The van der Waals surface area contributed by atoms with E-state index in [9.17, 15) is 0 Å². The number of hydrogen-bond acceptors (Lipinski definition) is 2. The molecule has 0 aromatic heterocycles. The highest BCUT2D eigenvalue weighted by Crippen LogP contribution is 2.44. The van der Waals surface area contributed by atoms with E-state index in [4.69, 9.17) is 11.6 Å². The highest BCUT2D eigenvalue weighted by Gasteiger charge is 2.29. The van der Waals surface area contributed by atoms with Crippen LogP contribution in [0.4, 0.5) is 5.69 Å². The zero-order chi connectivity index (χ0) is 9.47. The van der Waals surface area contributed by atoms with Crippen molar-refractivity contribution in [2.24, 2.45) is 4.99 Å². The SMILES string of the molecule is CC1(C)Sc2ccccc2N=C1Cl. The fourth-order valence-corrected chi connectivity index (χ4v) is 2.44. The lowest BCUT2D eigenvalue weighted by molar-refractivity contribution is 0.952. The van der Waals surface area contributed by atoms with E-state index < -0.39 is 0 Å². The Morgan fingerprint density at radius 1 is 1.31 bits per heavy atom. The van der Waals surface area contributed by atoms with Crippen molar-refractivity contribution in [3.63, 3.8) is 0 Å². The van der Waals surface area contributed by atoms with Gasteiger partial charge in [-0.2, -0.15) is 0 Å². The number of benzene rings is 1. The highest BCUT2D eigenvalue weighted by molar-refractivity contribution is 8.01. The quantitative estimate of drug-likeness (QED) is 0.635. The summed E-state index contributed by atoms with van der Waals surface area (Å²) in [7, 11) is 0. The maximum atomic E-state index is 6.07. The second-order valence-corrected chi connectivity index (χ2v) is 5.51. The Morgan fingerprint density at radius 3 is 2.77 bits per heavy atom. The molecule has 0 unspecified atom stereocenters. The molecule has 68 valence electrons. The third kappa shape index (κ3) is 1.61. The molecule has 0 atom stereocenters. The molecule has 0 saturated carbocycles. The summed E-state index contributed by atoms with van der Waals surface area (Å²) in [5.41, 5.74) is 0.983. The van der Waals surface area contributed by atoms with E-state index in [2.05, 4.69) is 24.9 Å². The highest BCUT2D eigenvalue weighted by atomic mass is 35.5. The van der Waals surface area contributed by atoms with Gasteiger partial charge >= 0.3 is 0 Å². The van der Waals surface area contributed by atoms with E-state index in [1.165, 1.54) is 4.90 Å². The van der Waals surface area contributed by atoms with Crippen LogP contribution in [-0.2, 0) is 0 Å². The Bertz CT molecular complexity index is 371. The van der Waals surface area contributed by atoms with Crippen molar-refractivity contribution >= 4 is 34.2 Å². The lowest BCUT2D eigenvalue weighted by atomic mass is 10.2. The average Bonchev–Trinajstić information content (AvgIpc) is 2.06. The Labute approximate surface area is 87.2 Å². The zero-order valence-corrected chi connectivity index (χ0v) is 9.12. The van der Waals surface area contributed by atoms with Crippen LogP contribution in [0.25, 0.3) is 0 Å². The van der Waals surface area contributed by atoms with Crippen LogP contribution in [0.3, 0.4) is 0 Å². The predicted molar refractivity (Wildman–Crippen MR) is 59.3 cm³/mol. The summed E-state index contributed by atoms with van der Waals surface area (Å²) < 4.78 is -0.0874. The van der Waals surface area contributed by atoms with E-state index >= 15 is 0 Å². The van der Waals surface area contributed by atoms with Gasteiger partial charge in [0.1, 0.15) is 5.17 Å². The van der Waals surface area contributed by atoms with Gasteiger partial charge in [-0.3, -0.25) is 0 Å². The first-order chi connectivity index (χ1) is 6.09. The van der Waals surface area contributed by atoms with Crippen LogP contribution in [0.15, 0.2) is 34.2 Å². The van der Waals surface area contributed by atoms with Crippen molar-refractivity contribution < 1.29 is 0 Å². The van der Waals surface area contributed by atoms with Gasteiger partial charge in [0.2, 0.25) is 0 Å². The molecule has 0 N–H and O–H groups in total. The minimum Gasteiger partial charge on any atom is -0.239 e. The molecule has 13 heavy (non-hydrogen) atoms. The normalized spacial score (nSPS) is 19.2. The van der Waals surface area contributed by atoms with Gasteiger partial charge in [-0.25, -0.2) is 4.99 Å². The van der Waals surface area contributed by atoms with Gasteiger partial charge in [0.15, 0.2) is 0 Å². The Balaban J connectivity index is 2.53. The molecule has 0 aliphatic carbocycles. The molecule has 1 aromatic carbocycles. The lowest BCUT2D eigenvalue weighted by Gasteiger charge is -2.27. The molecule has 3 heteroatoms. The zero-order valence-electron chi connectivity index (χ0n) is 7.54. The predicted octanol–water partition coefficient (Wildman–Crippen LogP) is 3.84. The fourth-order valence-electron chi connectivity index (χ4n) is 1.19. The van der Waals surface area contributed by atoms with Crippen LogP contribution < -0.4 is 0 Å². The molecule has 0 radical (unpaired) electrons. The molecular formula is C10H10ClNS. The first-order valence-corrected chi connectivity index (χ1v) is 5.32. The number of thioether (sulfide) groups is 1. The largest absolute Gasteiger partial charge is 0.239 e. The van der Waals surface area contributed by atoms with Crippen LogP contribution in [-0.4, -0.2) is 9.92 Å². The number of hydrogen-bond donors (Lipinski definition) is 0. The third-order valence-electron chi connectivity index (χ3n) is 1.95. The molecular weight excluding hydrogens is 202 g/mol. The lowest BCUT2D eigenvalue weighted by Crippen LogP contribution is -2.25. The topological polar surface area (TPSA) is 12.4 Å². The van der Waals surface area contributed by atoms with Crippen LogP contribution in [0, 0.1) is 0 Å². The molecule has 0 saturated heterocycles. The second kappa shape index (κ2) is 3.03. The summed E-state index contributed by atoms with van der Waals surface area (Å²) in [6, 6.07) is 8.07. The van der Waals surface area contributed by atoms with Crippen molar-refractivity contribution in [2.45, 2.75) is 23.5 Å². The Morgan fingerprint density at radius 2 is 2.00 bits per heavy atom. The smallest absolute Gasteiger partial charge is 0.122 e. The van der Waals surface area contributed by atoms with Crippen molar-refractivity contribution in [1.82, 2.24) is 0 Å². The molecule has 1 aliphatic rings. The molecule has 1 nitrogen and oxygen atoms in total. The minimum absolute atomic E-state index is 0.0874. The standard InChI is InChI=1S/C10H10ClNS/c1-10(2)9(11)12-7-5-3-4-6-8(7)13-10/h3-6H,1-2H3. The first-order valence-electron chi connectivity index (χ1n) is 4.12. The van der Waals surface area contributed by atoms with Crippen LogP contribution in [0.5, 0.6) is 0 Å². The summed E-state index contributed by atoms with van der Waals surface area (Å²) in [6.07, 6.45) is 0. The van der Waals surface area contributed by atoms with Crippen molar-refractivity contribution in [2.75, 3.05) is 0 Å². The van der Waals surface area contributed by atoms with E-state index in [0.717, 1.165) is 5.69 Å². The van der Waals surface area contributed by atoms with E-state index in [1.54, 1.807) is 11.8 Å². The average molecular weight is 212 g/mol.